The Bertz CT molecular complexity index is 2030. The highest BCUT2D eigenvalue weighted by Crippen LogP contribution is 2.34. The summed E-state index contributed by atoms with van der Waals surface area (Å²) in [5, 5.41) is 8.72. The van der Waals surface area contributed by atoms with E-state index in [0.29, 0.717) is 18.0 Å². The normalized spacial score (nSPS) is 14.0. The van der Waals surface area contributed by atoms with Crippen LogP contribution in [0.1, 0.15) is 29.7 Å². The molecule has 0 aliphatic carbocycles. The van der Waals surface area contributed by atoms with Crippen molar-refractivity contribution >= 4 is 22.6 Å². The van der Waals surface area contributed by atoms with Gasteiger partial charge >= 0.3 is 0 Å². The molecular formula is C38H38N6O3. The monoisotopic (exact) mass is 626 g/mol. The van der Waals surface area contributed by atoms with E-state index in [0.717, 1.165) is 82.8 Å². The molecule has 6 aromatic rings. The first-order chi connectivity index (χ1) is 23.0. The highest BCUT2D eigenvalue weighted by molar-refractivity contribution is 5.90. The summed E-state index contributed by atoms with van der Waals surface area (Å²) < 4.78 is 12.5. The number of amides is 1. The molecule has 3 aromatic carbocycles. The summed E-state index contributed by atoms with van der Waals surface area (Å²) in [5.74, 6) is 1.47. The maximum Gasteiger partial charge on any atom is 0.223 e. The summed E-state index contributed by atoms with van der Waals surface area (Å²) in [6, 6.07) is 28.9. The zero-order chi connectivity index (χ0) is 32.3. The standard InChI is InChI=1S/C38H38N6O3/c1-25-19-35-39-23-31-21-32(28-7-5-4-6-8-28)36(41-37(31)44(35)42-25)29-12-9-26(10-13-29)24-43-17-15-30(16-18-43)38(45)40-22-27-11-14-33(46-2)34(20-27)47-3/h4-14,19-21,23,30H,15-18,22,24H2,1-3H3,(H,40,45). The molecule has 7 rings (SSSR count). The van der Waals surface area contributed by atoms with E-state index in [2.05, 4.69) is 74.9 Å². The number of piperidine rings is 1. The van der Waals surface area contributed by atoms with Crippen molar-refractivity contribution < 1.29 is 14.3 Å². The third kappa shape index (κ3) is 6.39. The highest BCUT2D eigenvalue weighted by Gasteiger charge is 2.25. The van der Waals surface area contributed by atoms with Gasteiger partial charge in [0.05, 0.1) is 25.6 Å². The quantitative estimate of drug-likeness (QED) is 0.197. The Balaban J connectivity index is 1.02. The molecule has 0 saturated carbocycles. The fourth-order valence-electron chi connectivity index (χ4n) is 6.41. The summed E-state index contributed by atoms with van der Waals surface area (Å²) in [4.78, 5) is 25.2. The topological polar surface area (TPSA) is 93.9 Å². The summed E-state index contributed by atoms with van der Waals surface area (Å²) in [6.45, 7) is 5.04. The molecule has 1 saturated heterocycles. The van der Waals surface area contributed by atoms with Gasteiger partial charge in [0, 0.05) is 47.8 Å². The first-order valence-electron chi connectivity index (χ1n) is 16.0. The molecule has 1 aliphatic heterocycles. The Hall–Kier alpha value is -5.28. The molecule has 9 nitrogen and oxygen atoms in total. The van der Waals surface area contributed by atoms with E-state index in [1.165, 1.54) is 5.56 Å². The first kappa shape index (κ1) is 30.4. The predicted molar refractivity (Wildman–Crippen MR) is 183 cm³/mol. The Kier molecular flexibility index (Phi) is 8.54. The summed E-state index contributed by atoms with van der Waals surface area (Å²) >= 11 is 0. The second-order valence-electron chi connectivity index (χ2n) is 12.1. The number of rotatable bonds is 9. The minimum atomic E-state index is 0.0180. The SMILES string of the molecule is COc1ccc(CNC(=O)C2CCN(Cc3ccc(-c4nc5c(cnc6cc(C)nn65)cc4-c4ccccc4)cc3)CC2)cc1OC. The Morgan fingerprint density at radius 2 is 1.62 bits per heavy atom. The Labute approximate surface area is 274 Å². The fraction of sp³-hybridized carbons (Fsp3) is 0.263. The van der Waals surface area contributed by atoms with E-state index < -0.39 is 0 Å². The molecule has 47 heavy (non-hydrogen) atoms. The molecule has 1 amide bonds. The van der Waals surface area contributed by atoms with Gasteiger partial charge < -0.3 is 14.8 Å². The van der Waals surface area contributed by atoms with Gasteiger partial charge in [-0.2, -0.15) is 9.61 Å². The molecule has 9 heteroatoms. The molecule has 0 spiro atoms. The van der Waals surface area contributed by atoms with Gasteiger partial charge in [0.15, 0.2) is 22.8 Å². The molecule has 1 fully saturated rings. The number of benzene rings is 3. The first-order valence-corrected chi connectivity index (χ1v) is 16.0. The number of likely N-dealkylation sites (tertiary alicyclic amines) is 1. The Morgan fingerprint density at radius 3 is 2.36 bits per heavy atom. The number of fused-ring (bicyclic) bond motifs is 3. The second kappa shape index (κ2) is 13.2. The number of ether oxygens (including phenoxy) is 2. The number of pyridine rings is 1. The molecular weight excluding hydrogens is 588 g/mol. The molecule has 1 N–H and O–H groups in total. The van der Waals surface area contributed by atoms with Gasteiger partial charge in [-0.25, -0.2) is 9.97 Å². The fourth-order valence-corrected chi connectivity index (χ4v) is 6.41. The number of hydrogen-bond acceptors (Lipinski definition) is 7. The highest BCUT2D eigenvalue weighted by atomic mass is 16.5. The number of aryl methyl sites for hydroxylation is 1. The van der Waals surface area contributed by atoms with Gasteiger partial charge in [-0.3, -0.25) is 9.69 Å². The number of nitrogens with zero attached hydrogens (tertiary/aromatic N) is 5. The lowest BCUT2D eigenvalue weighted by Gasteiger charge is -2.31. The zero-order valence-corrected chi connectivity index (χ0v) is 26.9. The maximum atomic E-state index is 13.0. The molecule has 0 radical (unpaired) electrons. The van der Waals surface area contributed by atoms with Crippen LogP contribution >= 0.6 is 0 Å². The molecule has 0 atom stereocenters. The second-order valence-corrected chi connectivity index (χ2v) is 12.1. The minimum Gasteiger partial charge on any atom is -0.493 e. The number of hydrogen-bond donors (Lipinski definition) is 1. The van der Waals surface area contributed by atoms with Crippen LogP contribution < -0.4 is 14.8 Å². The van der Waals surface area contributed by atoms with Crippen molar-refractivity contribution in [2.75, 3.05) is 27.3 Å². The van der Waals surface area contributed by atoms with Crippen LogP contribution in [0.25, 0.3) is 39.1 Å². The third-order valence-electron chi connectivity index (χ3n) is 8.97. The van der Waals surface area contributed by atoms with Gasteiger partial charge in [-0.15, -0.1) is 0 Å². The van der Waals surface area contributed by atoms with Gasteiger partial charge in [-0.1, -0.05) is 60.7 Å². The minimum absolute atomic E-state index is 0.0180. The van der Waals surface area contributed by atoms with Crippen molar-refractivity contribution in [2.24, 2.45) is 5.92 Å². The molecule has 0 bridgehead atoms. The van der Waals surface area contributed by atoms with Gasteiger partial charge in [-0.05, 0) is 67.7 Å². The lowest BCUT2D eigenvalue weighted by Crippen LogP contribution is -2.40. The maximum absolute atomic E-state index is 13.0. The third-order valence-corrected chi connectivity index (χ3v) is 8.97. The van der Waals surface area contributed by atoms with Crippen molar-refractivity contribution in [3.05, 3.63) is 108 Å². The molecule has 4 heterocycles. The van der Waals surface area contributed by atoms with Crippen molar-refractivity contribution in [2.45, 2.75) is 32.9 Å². The number of carbonyl (C=O) groups is 1. The van der Waals surface area contributed by atoms with Crippen LogP contribution in [0.2, 0.25) is 0 Å². The smallest absolute Gasteiger partial charge is 0.223 e. The van der Waals surface area contributed by atoms with E-state index in [1.807, 2.05) is 48.0 Å². The van der Waals surface area contributed by atoms with Crippen molar-refractivity contribution in [3.8, 4) is 33.9 Å². The number of aromatic nitrogens is 4. The number of carbonyl (C=O) groups excluding carboxylic acids is 1. The van der Waals surface area contributed by atoms with Crippen LogP contribution in [-0.4, -0.2) is 57.7 Å². The molecule has 238 valence electrons. The van der Waals surface area contributed by atoms with E-state index in [9.17, 15) is 4.79 Å². The van der Waals surface area contributed by atoms with Crippen LogP contribution in [0.15, 0.2) is 91.1 Å². The van der Waals surface area contributed by atoms with Crippen LogP contribution in [0, 0.1) is 12.8 Å². The lowest BCUT2D eigenvalue weighted by molar-refractivity contribution is -0.126. The number of nitrogens with one attached hydrogen (secondary N) is 1. The van der Waals surface area contributed by atoms with Crippen LogP contribution in [0.3, 0.4) is 0 Å². The van der Waals surface area contributed by atoms with Crippen LogP contribution in [0.4, 0.5) is 0 Å². The van der Waals surface area contributed by atoms with Gasteiger partial charge in [0.2, 0.25) is 5.91 Å². The molecule has 1 aliphatic rings. The average Bonchev–Trinajstić information content (AvgIpc) is 3.51. The van der Waals surface area contributed by atoms with Gasteiger partial charge in [0.1, 0.15) is 0 Å². The summed E-state index contributed by atoms with van der Waals surface area (Å²) in [5.41, 5.74) is 8.83. The van der Waals surface area contributed by atoms with Gasteiger partial charge in [0.25, 0.3) is 0 Å². The van der Waals surface area contributed by atoms with E-state index in [-0.39, 0.29) is 11.8 Å². The van der Waals surface area contributed by atoms with Crippen LogP contribution in [-0.2, 0) is 17.9 Å². The average molecular weight is 627 g/mol. The van der Waals surface area contributed by atoms with Crippen molar-refractivity contribution in [3.63, 3.8) is 0 Å². The summed E-state index contributed by atoms with van der Waals surface area (Å²) in [7, 11) is 3.23. The number of methoxy groups -OCH3 is 2. The molecule has 0 unspecified atom stereocenters. The van der Waals surface area contributed by atoms with Crippen LogP contribution in [0.5, 0.6) is 11.5 Å². The van der Waals surface area contributed by atoms with Crippen molar-refractivity contribution in [1.82, 2.24) is 29.8 Å². The molecule has 3 aromatic heterocycles. The lowest BCUT2D eigenvalue weighted by atomic mass is 9.95. The van der Waals surface area contributed by atoms with E-state index >= 15 is 0 Å². The Morgan fingerprint density at radius 1 is 0.872 bits per heavy atom. The van der Waals surface area contributed by atoms with Crippen molar-refractivity contribution in [1.29, 1.82) is 0 Å². The summed E-state index contributed by atoms with van der Waals surface area (Å²) in [6.07, 6.45) is 3.56. The van der Waals surface area contributed by atoms with E-state index in [1.54, 1.807) is 14.2 Å². The largest absolute Gasteiger partial charge is 0.493 e. The zero-order valence-electron chi connectivity index (χ0n) is 26.9. The van der Waals surface area contributed by atoms with E-state index in [4.69, 9.17) is 14.5 Å². The predicted octanol–water partition coefficient (Wildman–Crippen LogP) is 6.47.